The summed E-state index contributed by atoms with van der Waals surface area (Å²) >= 11 is 0. The molecule has 0 saturated carbocycles. The molecule has 2 N–H and O–H groups in total. The van der Waals surface area contributed by atoms with Gasteiger partial charge in [0.1, 0.15) is 11.5 Å². The van der Waals surface area contributed by atoms with E-state index in [9.17, 15) is 8.78 Å². The van der Waals surface area contributed by atoms with E-state index in [1.54, 1.807) is 0 Å². The van der Waals surface area contributed by atoms with E-state index in [2.05, 4.69) is 0 Å². The number of phenols is 2. The second kappa shape index (κ2) is 5.47. The van der Waals surface area contributed by atoms with Gasteiger partial charge in [-0.15, -0.1) is 0 Å². The summed E-state index contributed by atoms with van der Waals surface area (Å²) in [7, 11) is 0.902. The van der Waals surface area contributed by atoms with Crippen molar-refractivity contribution in [2.75, 3.05) is 0 Å². The highest BCUT2D eigenvalue weighted by atomic mass is 19.1. The fourth-order valence-electron chi connectivity index (χ4n) is 1.27. The first-order chi connectivity index (χ1) is 9.06. The molecule has 0 fully saturated rings. The Hall–Kier alpha value is -2.44. The third kappa shape index (κ3) is 3.28. The number of rotatable bonds is 4. The average molecular weight is 265 g/mol. The molecule has 0 amide bonds. The van der Waals surface area contributed by atoms with Crippen LogP contribution in [0.15, 0.2) is 36.4 Å². The standard InChI is InChI=1S/C12H8BF2O4/c14-9-3-1-7(5-11(9)16)18-13-19-8-2-4-10(15)12(17)6-8/h1-6,16-17H. The van der Waals surface area contributed by atoms with Gasteiger partial charge in [0, 0.05) is 12.1 Å². The highest BCUT2D eigenvalue weighted by Crippen LogP contribution is 2.23. The Morgan fingerprint density at radius 1 is 0.789 bits per heavy atom. The quantitative estimate of drug-likeness (QED) is 0.833. The number of halogens is 2. The molecule has 1 radical (unpaired) electrons. The maximum atomic E-state index is 12.8. The van der Waals surface area contributed by atoms with Gasteiger partial charge in [0.25, 0.3) is 0 Å². The van der Waals surface area contributed by atoms with E-state index in [4.69, 9.17) is 19.5 Å². The maximum Gasteiger partial charge on any atom is 0.658 e. The predicted molar refractivity (Wildman–Crippen MR) is 63.1 cm³/mol. The van der Waals surface area contributed by atoms with Gasteiger partial charge in [0.2, 0.25) is 0 Å². The summed E-state index contributed by atoms with van der Waals surface area (Å²) in [4.78, 5) is 0. The summed E-state index contributed by atoms with van der Waals surface area (Å²) in [6.45, 7) is 0. The summed E-state index contributed by atoms with van der Waals surface area (Å²) in [5.41, 5.74) is 0. The molecule has 0 aromatic heterocycles. The van der Waals surface area contributed by atoms with Crippen LogP contribution < -0.4 is 9.31 Å². The smallest absolute Gasteiger partial charge is 0.526 e. The number of benzene rings is 2. The molecule has 0 heterocycles. The van der Waals surface area contributed by atoms with Crippen molar-refractivity contribution in [2.45, 2.75) is 0 Å². The third-order valence-corrected chi connectivity index (χ3v) is 2.20. The van der Waals surface area contributed by atoms with Gasteiger partial charge in [-0.1, -0.05) is 0 Å². The first-order valence-electron chi connectivity index (χ1n) is 5.18. The van der Waals surface area contributed by atoms with Gasteiger partial charge in [0.05, 0.1) is 0 Å². The van der Waals surface area contributed by atoms with E-state index in [0.717, 1.165) is 32.0 Å². The van der Waals surface area contributed by atoms with E-state index in [-0.39, 0.29) is 11.5 Å². The van der Waals surface area contributed by atoms with E-state index >= 15 is 0 Å². The van der Waals surface area contributed by atoms with Crippen molar-refractivity contribution >= 4 is 7.69 Å². The monoisotopic (exact) mass is 265 g/mol. The lowest BCUT2D eigenvalue weighted by Gasteiger charge is -2.07. The Morgan fingerprint density at radius 2 is 1.21 bits per heavy atom. The van der Waals surface area contributed by atoms with E-state index in [0.29, 0.717) is 0 Å². The fourth-order valence-corrected chi connectivity index (χ4v) is 1.27. The average Bonchev–Trinajstić information content (AvgIpc) is 2.38. The van der Waals surface area contributed by atoms with Crippen molar-refractivity contribution < 1.29 is 28.3 Å². The van der Waals surface area contributed by atoms with Crippen LogP contribution in [0, 0.1) is 11.6 Å². The van der Waals surface area contributed by atoms with Crippen LogP contribution in [0.3, 0.4) is 0 Å². The lowest BCUT2D eigenvalue weighted by atomic mass is 10.2. The van der Waals surface area contributed by atoms with Crippen LogP contribution in [0.5, 0.6) is 23.0 Å². The van der Waals surface area contributed by atoms with E-state index in [1.807, 2.05) is 0 Å². The van der Waals surface area contributed by atoms with Gasteiger partial charge in [-0.3, -0.25) is 0 Å². The molecule has 0 bridgehead atoms. The molecule has 2 aromatic rings. The van der Waals surface area contributed by atoms with Crippen molar-refractivity contribution in [1.82, 2.24) is 0 Å². The second-order valence-corrected chi connectivity index (χ2v) is 3.56. The summed E-state index contributed by atoms with van der Waals surface area (Å²) in [6, 6.07) is 6.77. The Balaban J connectivity index is 1.92. The van der Waals surface area contributed by atoms with Crippen LogP contribution in [0.2, 0.25) is 0 Å². The third-order valence-electron chi connectivity index (χ3n) is 2.20. The Kier molecular flexibility index (Phi) is 3.75. The van der Waals surface area contributed by atoms with E-state index in [1.165, 1.54) is 12.1 Å². The normalized spacial score (nSPS) is 10.0. The van der Waals surface area contributed by atoms with Crippen molar-refractivity contribution in [2.24, 2.45) is 0 Å². The predicted octanol–water partition coefficient (Wildman–Crippen LogP) is 2.37. The zero-order valence-corrected chi connectivity index (χ0v) is 9.51. The van der Waals surface area contributed by atoms with Gasteiger partial charge < -0.3 is 19.5 Å². The number of hydrogen-bond donors (Lipinski definition) is 2. The molecule has 2 rings (SSSR count). The highest BCUT2D eigenvalue weighted by Gasteiger charge is 2.07. The van der Waals surface area contributed by atoms with Crippen molar-refractivity contribution in [3.8, 4) is 23.0 Å². The van der Waals surface area contributed by atoms with Crippen LogP contribution in [-0.4, -0.2) is 17.9 Å². The molecule has 0 saturated heterocycles. The molecule has 0 unspecified atom stereocenters. The molecule has 0 aliphatic carbocycles. The molecule has 7 heteroatoms. The highest BCUT2D eigenvalue weighted by molar-refractivity contribution is 6.20. The van der Waals surface area contributed by atoms with Crippen LogP contribution in [-0.2, 0) is 0 Å². The van der Waals surface area contributed by atoms with Gasteiger partial charge in [-0.05, 0) is 24.3 Å². The molecule has 2 aromatic carbocycles. The first kappa shape index (κ1) is 13.0. The lowest BCUT2D eigenvalue weighted by molar-refractivity contribution is 0.416. The zero-order valence-electron chi connectivity index (χ0n) is 9.51. The van der Waals surface area contributed by atoms with Gasteiger partial charge in [-0.25, -0.2) is 8.78 Å². The summed E-state index contributed by atoms with van der Waals surface area (Å²) in [6.07, 6.45) is 0. The molecule has 97 valence electrons. The summed E-state index contributed by atoms with van der Waals surface area (Å²) in [5.74, 6) is -2.32. The maximum absolute atomic E-state index is 12.8. The molecular formula is C12H8BF2O4. The van der Waals surface area contributed by atoms with Crippen LogP contribution in [0.1, 0.15) is 0 Å². The molecule has 0 spiro atoms. The van der Waals surface area contributed by atoms with Crippen LogP contribution >= 0.6 is 0 Å². The molecule has 19 heavy (non-hydrogen) atoms. The topological polar surface area (TPSA) is 58.9 Å². The Labute approximate surface area is 108 Å². The SMILES string of the molecule is Oc1cc(O[B]Oc2ccc(F)c(O)c2)ccc1F. The largest absolute Gasteiger partial charge is 0.658 e. The van der Waals surface area contributed by atoms with Crippen molar-refractivity contribution in [1.29, 1.82) is 0 Å². The number of hydrogen-bond acceptors (Lipinski definition) is 4. The van der Waals surface area contributed by atoms with Crippen LogP contribution in [0.4, 0.5) is 8.78 Å². The first-order valence-corrected chi connectivity index (χ1v) is 5.18. The van der Waals surface area contributed by atoms with Crippen molar-refractivity contribution in [3.63, 3.8) is 0 Å². The minimum absolute atomic E-state index is 0.158. The molecule has 4 nitrogen and oxygen atoms in total. The minimum Gasteiger partial charge on any atom is -0.526 e. The van der Waals surface area contributed by atoms with Crippen LogP contribution in [0.25, 0.3) is 0 Å². The molecule has 0 aliphatic heterocycles. The Bertz CT molecular complexity index is 540. The summed E-state index contributed by atoms with van der Waals surface area (Å²) < 4.78 is 35.4. The Morgan fingerprint density at radius 3 is 1.58 bits per heavy atom. The van der Waals surface area contributed by atoms with Crippen molar-refractivity contribution in [3.05, 3.63) is 48.0 Å². The van der Waals surface area contributed by atoms with Gasteiger partial charge in [0.15, 0.2) is 23.1 Å². The second-order valence-electron chi connectivity index (χ2n) is 3.56. The lowest BCUT2D eigenvalue weighted by Crippen LogP contribution is -2.10. The molecule has 0 aliphatic rings. The molecule has 0 atom stereocenters. The fraction of sp³-hybridized carbons (Fsp3) is 0. The van der Waals surface area contributed by atoms with Gasteiger partial charge >= 0.3 is 7.69 Å². The number of phenolic OH excluding ortho intramolecular Hbond substituents is 2. The minimum atomic E-state index is -0.767. The van der Waals surface area contributed by atoms with E-state index < -0.39 is 23.1 Å². The zero-order chi connectivity index (χ0) is 13.8. The van der Waals surface area contributed by atoms with Gasteiger partial charge in [-0.2, -0.15) is 0 Å². The summed E-state index contributed by atoms with van der Waals surface area (Å²) in [5, 5.41) is 18.2. The molecular weight excluding hydrogens is 257 g/mol. The number of aromatic hydroxyl groups is 2.